The monoisotopic (exact) mass is 504 g/mol. The first kappa shape index (κ1) is 28.3. The van der Waals surface area contributed by atoms with Crippen molar-refractivity contribution >= 4 is 11.8 Å². The zero-order valence-electron chi connectivity index (χ0n) is 23.2. The normalized spacial score (nSPS) is 26.8. The maximum absolute atomic E-state index is 12.4. The highest BCUT2D eigenvalue weighted by molar-refractivity contribution is 5.88. The lowest BCUT2D eigenvalue weighted by molar-refractivity contribution is -0.117. The van der Waals surface area contributed by atoms with Gasteiger partial charge in [0.25, 0.3) is 0 Å². The molecular weight excluding hydrogens is 460 g/mol. The number of hydrogen-bond acceptors (Lipinski definition) is 4. The molecule has 0 aromatic heterocycles. The molecule has 3 rings (SSSR count). The Hall–Kier alpha value is -3.28. The molecule has 0 radical (unpaired) electrons. The lowest BCUT2D eigenvalue weighted by Crippen LogP contribution is -2.29. The van der Waals surface area contributed by atoms with Crippen molar-refractivity contribution in [1.82, 2.24) is 20.4 Å². The van der Waals surface area contributed by atoms with Gasteiger partial charge in [-0.2, -0.15) is 0 Å². The van der Waals surface area contributed by atoms with Crippen molar-refractivity contribution in [2.24, 2.45) is 11.3 Å². The van der Waals surface area contributed by atoms with Crippen LogP contribution in [0.25, 0.3) is 0 Å². The number of allylic oxidation sites excluding steroid dienone is 10. The van der Waals surface area contributed by atoms with Gasteiger partial charge in [0, 0.05) is 63.1 Å². The van der Waals surface area contributed by atoms with Crippen LogP contribution < -0.4 is 10.6 Å². The van der Waals surface area contributed by atoms with Gasteiger partial charge in [-0.15, -0.1) is 0 Å². The minimum Gasteiger partial charge on any atom is -0.359 e. The number of amides is 2. The third-order valence-electron chi connectivity index (χ3n) is 7.37. The van der Waals surface area contributed by atoms with Crippen LogP contribution in [0.2, 0.25) is 0 Å². The molecule has 6 nitrogen and oxygen atoms in total. The fourth-order valence-electron chi connectivity index (χ4n) is 4.90. The van der Waals surface area contributed by atoms with Crippen molar-refractivity contribution in [3.63, 3.8) is 0 Å². The van der Waals surface area contributed by atoms with Crippen LogP contribution in [0.15, 0.2) is 83.3 Å². The molecule has 200 valence electrons. The summed E-state index contributed by atoms with van der Waals surface area (Å²) in [7, 11) is 2.07. The van der Waals surface area contributed by atoms with E-state index in [1.54, 1.807) is 12.2 Å². The highest BCUT2D eigenvalue weighted by atomic mass is 16.2. The topological polar surface area (TPSA) is 64.7 Å². The average Bonchev–Trinajstić information content (AvgIpc) is 3.20. The zero-order valence-corrected chi connectivity index (χ0v) is 23.2. The van der Waals surface area contributed by atoms with Gasteiger partial charge in [-0.1, -0.05) is 66.2 Å². The Kier molecular flexibility index (Phi) is 10.2. The van der Waals surface area contributed by atoms with E-state index in [0.29, 0.717) is 13.1 Å². The molecular formula is C31H44N4O2. The van der Waals surface area contributed by atoms with Gasteiger partial charge in [-0.25, -0.2) is 0 Å². The summed E-state index contributed by atoms with van der Waals surface area (Å²) in [6.45, 7) is 11.5. The van der Waals surface area contributed by atoms with Crippen LogP contribution in [0.5, 0.6) is 0 Å². The second-order valence-electron chi connectivity index (χ2n) is 10.8. The molecule has 2 atom stereocenters. The van der Waals surface area contributed by atoms with E-state index < -0.39 is 0 Å². The number of rotatable bonds is 0. The largest absolute Gasteiger partial charge is 0.359 e. The van der Waals surface area contributed by atoms with Crippen molar-refractivity contribution in [2.45, 2.75) is 53.4 Å². The van der Waals surface area contributed by atoms with Crippen LogP contribution in [0.1, 0.15) is 53.4 Å². The standard InChI is InChI=1S/C31H44N4O2/c1-24-8-6-15-31(4)16-13-26(3)21-27(31)20-25(2)10-12-30(37)33-18-14-28-22-35(23-34(28)5)19-7-17-32-29(36)11-9-24/h6,8-12,15,20-22,27H,7,13-14,16-19,23H2,1-5H3,(H,32,36)(H,33,37). The third-order valence-corrected chi connectivity index (χ3v) is 7.37. The van der Waals surface area contributed by atoms with Crippen LogP contribution in [0.3, 0.4) is 0 Å². The van der Waals surface area contributed by atoms with Crippen molar-refractivity contribution in [1.29, 1.82) is 0 Å². The highest BCUT2D eigenvalue weighted by Gasteiger charge is 2.31. The number of carbonyl (C=O) groups is 2. The lowest BCUT2D eigenvalue weighted by Gasteiger charge is -2.36. The first-order valence-corrected chi connectivity index (χ1v) is 13.4. The molecule has 0 saturated carbocycles. The van der Waals surface area contributed by atoms with Gasteiger partial charge >= 0.3 is 0 Å². The Bertz CT molecular complexity index is 1060. The molecule has 2 N–H and O–H groups in total. The summed E-state index contributed by atoms with van der Waals surface area (Å²) >= 11 is 0. The van der Waals surface area contributed by atoms with Gasteiger partial charge in [0.1, 0.15) is 0 Å². The summed E-state index contributed by atoms with van der Waals surface area (Å²) < 4.78 is 0. The van der Waals surface area contributed by atoms with E-state index in [1.807, 2.05) is 19.1 Å². The number of hydrogen-bond donors (Lipinski definition) is 2. The fourth-order valence-corrected chi connectivity index (χ4v) is 4.90. The maximum Gasteiger partial charge on any atom is 0.243 e. The van der Waals surface area contributed by atoms with Crippen molar-refractivity contribution in [2.75, 3.05) is 33.4 Å². The molecule has 0 saturated heterocycles. The van der Waals surface area contributed by atoms with Crippen molar-refractivity contribution in [3.05, 3.63) is 83.3 Å². The summed E-state index contributed by atoms with van der Waals surface area (Å²) in [6, 6.07) is 0. The number of fused-ring (bicyclic) bond motifs is 2. The molecule has 3 aliphatic rings. The number of carbonyl (C=O) groups excluding carboxylic acids is 2. The van der Waals surface area contributed by atoms with Crippen LogP contribution in [0.4, 0.5) is 0 Å². The van der Waals surface area contributed by atoms with Gasteiger partial charge in [-0.05, 0) is 45.4 Å². The lowest BCUT2D eigenvalue weighted by atomic mass is 9.68. The second kappa shape index (κ2) is 13.3. The van der Waals surface area contributed by atoms with E-state index in [0.717, 1.165) is 50.0 Å². The van der Waals surface area contributed by atoms with Gasteiger partial charge in [0.2, 0.25) is 11.8 Å². The van der Waals surface area contributed by atoms with Gasteiger partial charge < -0.3 is 20.4 Å². The predicted molar refractivity (Wildman–Crippen MR) is 152 cm³/mol. The van der Waals surface area contributed by atoms with E-state index in [-0.39, 0.29) is 23.1 Å². The Morgan fingerprint density at radius 1 is 0.919 bits per heavy atom. The van der Waals surface area contributed by atoms with Crippen molar-refractivity contribution < 1.29 is 9.59 Å². The molecule has 0 aromatic carbocycles. The number of nitrogens with zero attached hydrogens (tertiary/aromatic N) is 2. The van der Waals surface area contributed by atoms with Crippen LogP contribution >= 0.6 is 0 Å². The highest BCUT2D eigenvalue weighted by Crippen LogP contribution is 2.42. The molecule has 37 heavy (non-hydrogen) atoms. The Balaban J connectivity index is 1.79. The van der Waals surface area contributed by atoms with Gasteiger partial charge in [-0.3, -0.25) is 9.59 Å². The molecule has 2 unspecified atom stereocenters. The minimum atomic E-state index is -0.0669. The van der Waals surface area contributed by atoms with E-state index in [4.69, 9.17) is 0 Å². The molecule has 0 fully saturated rings. The Morgan fingerprint density at radius 2 is 1.62 bits per heavy atom. The first-order valence-electron chi connectivity index (χ1n) is 13.4. The molecule has 0 spiro atoms. The minimum absolute atomic E-state index is 0.0165. The Labute approximate surface area is 223 Å². The van der Waals surface area contributed by atoms with Gasteiger partial charge in [0.15, 0.2) is 0 Å². The molecule has 6 heteroatoms. The molecule has 2 bridgehead atoms. The van der Waals surface area contributed by atoms with E-state index in [9.17, 15) is 9.59 Å². The summed E-state index contributed by atoms with van der Waals surface area (Å²) in [5.74, 6) is 0.117. The molecule has 0 aromatic rings. The third kappa shape index (κ3) is 8.96. The summed E-state index contributed by atoms with van der Waals surface area (Å²) in [4.78, 5) is 29.1. The van der Waals surface area contributed by atoms with Crippen molar-refractivity contribution in [3.8, 4) is 0 Å². The maximum atomic E-state index is 12.4. The van der Waals surface area contributed by atoms with Crippen LogP contribution in [0, 0.1) is 11.3 Å². The van der Waals surface area contributed by atoms with E-state index in [1.165, 1.54) is 11.3 Å². The van der Waals surface area contributed by atoms with E-state index in [2.05, 4.69) is 84.8 Å². The van der Waals surface area contributed by atoms with Crippen LogP contribution in [-0.2, 0) is 9.59 Å². The second-order valence-corrected chi connectivity index (χ2v) is 10.8. The predicted octanol–water partition coefficient (Wildman–Crippen LogP) is 4.98. The smallest absolute Gasteiger partial charge is 0.243 e. The fraction of sp³-hybridized carbons (Fsp3) is 0.484. The summed E-state index contributed by atoms with van der Waals surface area (Å²) in [5, 5.41) is 6.00. The SMILES string of the molecule is CC1=CC=CC2(C)CCC(C)=CC2C=C(C)C=CC(=O)NCCC2=CN(CCCNC(=O)C=C1)CN2C. The average molecular weight is 505 g/mol. The van der Waals surface area contributed by atoms with E-state index >= 15 is 0 Å². The van der Waals surface area contributed by atoms with Gasteiger partial charge in [0.05, 0.1) is 6.67 Å². The zero-order chi connectivity index (χ0) is 26.8. The Morgan fingerprint density at radius 3 is 2.38 bits per heavy atom. The molecule has 2 aliphatic heterocycles. The molecule has 2 amide bonds. The summed E-state index contributed by atoms with van der Waals surface area (Å²) in [5.41, 5.74) is 4.70. The molecule has 1 aliphatic carbocycles. The summed E-state index contributed by atoms with van der Waals surface area (Å²) in [6.07, 6.45) is 24.1. The molecule has 2 heterocycles. The number of nitrogens with one attached hydrogen (secondary N) is 2. The quantitative estimate of drug-likeness (QED) is 0.457. The van der Waals surface area contributed by atoms with Crippen LogP contribution in [-0.4, -0.2) is 55.0 Å². The first-order chi connectivity index (χ1) is 17.6.